The fourth-order valence-electron chi connectivity index (χ4n) is 3.37. The number of carbonyl (C=O) groups excluding carboxylic acids is 2. The lowest BCUT2D eigenvalue weighted by atomic mass is 10.1. The molecule has 1 N–H and O–H groups in total. The molecule has 1 heterocycles. The van der Waals surface area contributed by atoms with Crippen molar-refractivity contribution in [2.24, 2.45) is 0 Å². The van der Waals surface area contributed by atoms with Gasteiger partial charge in [0.1, 0.15) is 19.6 Å². The highest BCUT2D eigenvalue weighted by molar-refractivity contribution is 5.91. The third-order valence-electron chi connectivity index (χ3n) is 5.43. The third-order valence-corrected chi connectivity index (χ3v) is 5.43. The summed E-state index contributed by atoms with van der Waals surface area (Å²) in [5.74, 6) is -0.716. The highest BCUT2D eigenvalue weighted by atomic mass is 16.5. The first-order valence-electron chi connectivity index (χ1n) is 10.0. The van der Waals surface area contributed by atoms with Crippen LogP contribution in [0.25, 0.3) is 0 Å². The van der Waals surface area contributed by atoms with Crippen molar-refractivity contribution in [3.8, 4) is 0 Å². The van der Waals surface area contributed by atoms with Crippen LogP contribution in [0.3, 0.4) is 0 Å². The van der Waals surface area contributed by atoms with Gasteiger partial charge in [0.15, 0.2) is 6.61 Å². The number of nitrogens with one attached hydrogen (secondary N) is 1. The van der Waals surface area contributed by atoms with E-state index in [9.17, 15) is 9.59 Å². The first-order chi connectivity index (χ1) is 14.0. The average Bonchev–Trinajstić information content (AvgIpc) is 2.78. The van der Waals surface area contributed by atoms with Gasteiger partial charge in [-0.15, -0.1) is 0 Å². The van der Waals surface area contributed by atoms with E-state index in [1.807, 2.05) is 49.4 Å². The minimum Gasteiger partial charge on any atom is -0.452 e. The summed E-state index contributed by atoms with van der Waals surface area (Å²) >= 11 is 0. The second kappa shape index (κ2) is 10.2. The molecule has 1 amide bonds. The highest BCUT2D eigenvalue weighted by Crippen LogP contribution is 2.18. The number of quaternary nitrogens is 1. The molecule has 154 valence electrons. The lowest BCUT2D eigenvalue weighted by molar-refractivity contribution is -0.921. The number of hydrogen-bond acceptors (Lipinski definition) is 4. The molecule has 0 saturated carbocycles. The van der Waals surface area contributed by atoms with Gasteiger partial charge in [-0.25, -0.2) is 4.79 Å². The molecule has 1 aliphatic rings. The first-order valence-corrected chi connectivity index (χ1v) is 10.0. The van der Waals surface area contributed by atoms with Crippen LogP contribution in [0.2, 0.25) is 0 Å². The zero-order valence-corrected chi connectivity index (χ0v) is 17.1. The van der Waals surface area contributed by atoms with Crippen LogP contribution in [0.5, 0.6) is 0 Å². The molecule has 2 aromatic rings. The summed E-state index contributed by atoms with van der Waals surface area (Å²) in [5, 5.41) is 0. The number of benzene rings is 2. The standard InChI is InChI=1S/C23H28N2O4/c1-18(20-6-4-3-5-7-20)24(2)22(26)17-29-23(27)21-10-8-19(9-11-21)16-25-12-14-28-15-13-25/h3-11,18H,12-17H2,1-2H3/p+1/t18-/m0/s1. The molecule has 0 radical (unpaired) electrons. The van der Waals surface area contributed by atoms with E-state index < -0.39 is 5.97 Å². The van der Waals surface area contributed by atoms with Gasteiger partial charge in [0.05, 0.1) is 24.8 Å². The van der Waals surface area contributed by atoms with Gasteiger partial charge in [0, 0.05) is 12.6 Å². The predicted octanol–water partition coefficient (Wildman–Crippen LogP) is 1.48. The lowest BCUT2D eigenvalue weighted by Crippen LogP contribution is -3.12. The number of hydrogen-bond donors (Lipinski definition) is 1. The van der Waals surface area contributed by atoms with Gasteiger partial charge in [-0.2, -0.15) is 0 Å². The van der Waals surface area contributed by atoms with E-state index in [2.05, 4.69) is 0 Å². The second-order valence-electron chi connectivity index (χ2n) is 7.40. The Bertz CT molecular complexity index is 801. The molecule has 29 heavy (non-hydrogen) atoms. The van der Waals surface area contributed by atoms with Crippen LogP contribution in [-0.2, 0) is 20.8 Å². The van der Waals surface area contributed by atoms with Crippen LogP contribution in [0.1, 0.15) is 34.5 Å². The summed E-state index contributed by atoms with van der Waals surface area (Å²) in [7, 11) is 1.72. The summed E-state index contributed by atoms with van der Waals surface area (Å²) in [4.78, 5) is 27.8. The molecule has 1 atom stereocenters. The average molecular weight is 397 g/mol. The molecule has 0 bridgehead atoms. The molecule has 1 fully saturated rings. The van der Waals surface area contributed by atoms with Crippen LogP contribution in [0.4, 0.5) is 0 Å². The third kappa shape index (κ3) is 5.89. The normalized spacial score (nSPS) is 15.5. The molecular formula is C23H29N2O4+. The van der Waals surface area contributed by atoms with Gasteiger partial charge in [-0.1, -0.05) is 42.5 Å². The Kier molecular flexibility index (Phi) is 7.38. The zero-order valence-electron chi connectivity index (χ0n) is 17.1. The smallest absolute Gasteiger partial charge is 0.338 e. The maximum Gasteiger partial charge on any atom is 0.338 e. The maximum absolute atomic E-state index is 12.4. The molecule has 0 aliphatic carbocycles. The quantitative estimate of drug-likeness (QED) is 0.719. The highest BCUT2D eigenvalue weighted by Gasteiger charge is 2.19. The molecule has 1 saturated heterocycles. The van der Waals surface area contributed by atoms with Crippen molar-refractivity contribution < 1.29 is 24.0 Å². The molecule has 0 unspecified atom stereocenters. The molecular weight excluding hydrogens is 368 g/mol. The number of amides is 1. The molecule has 6 nitrogen and oxygen atoms in total. The summed E-state index contributed by atoms with van der Waals surface area (Å²) in [6.07, 6.45) is 0. The van der Waals surface area contributed by atoms with E-state index in [1.54, 1.807) is 24.1 Å². The Morgan fingerprint density at radius 2 is 1.72 bits per heavy atom. The Labute approximate surface area is 172 Å². The second-order valence-corrected chi connectivity index (χ2v) is 7.40. The van der Waals surface area contributed by atoms with Crippen LogP contribution < -0.4 is 4.90 Å². The summed E-state index contributed by atoms with van der Waals surface area (Å²) in [5.41, 5.74) is 2.66. The van der Waals surface area contributed by atoms with E-state index >= 15 is 0 Å². The van der Waals surface area contributed by atoms with E-state index in [4.69, 9.17) is 9.47 Å². The van der Waals surface area contributed by atoms with E-state index in [0.717, 1.165) is 38.4 Å². The van der Waals surface area contributed by atoms with Gasteiger partial charge in [0.2, 0.25) is 0 Å². The molecule has 0 spiro atoms. The summed E-state index contributed by atoms with van der Waals surface area (Å²) in [6, 6.07) is 17.1. The minimum absolute atomic E-state index is 0.0932. The fourth-order valence-corrected chi connectivity index (χ4v) is 3.37. The van der Waals surface area contributed by atoms with Crippen molar-refractivity contribution in [2.75, 3.05) is 40.0 Å². The Morgan fingerprint density at radius 3 is 2.38 bits per heavy atom. The van der Waals surface area contributed by atoms with Gasteiger partial charge in [-0.05, 0) is 24.6 Å². The molecule has 1 aliphatic heterocycles. The van der Waals surface area contributed by atoms with Crippen molar-refractivity contribution >= 4 is 11.9 Å². The number of esters is 1. The number of rotatable bonds is 7. The van der Waals surface area contributed by atoms with E-state index in [0.29, 0.717) is 5.56 Å². The molecule has 0 aromatic heterocycles. The Balaban J connectivity index is 1.48. The minimum atomic E-state index is -0.482. The zero-order chi connectivity index (χ0) is 20.6. The van der Waals surface area contributed by atoms with E-state index in [1.165, 1.54) is 10.5 Å². The number of carbonyl (C=O) groups is 2. The summed E-state index contributed by atoms with van der Waals surface area (Å²) in [6.45, 7) is 6.19. The lowest BCUT2D eigenvalue weighted by Gasteiger charge is -2.25. The van der Waals surface area contributed by atoms with Crippen LogP contribution in [-0.4, -0.2) is 56.7 Å². The predicted molar refractivity (Wildman–Crippen MR) is 110 cm³/mol. The number of ether oxygens (including phenoxy) is 2. The maximum atomic E-state index is 12.4. The van der Waals surface area contributed by atoms with Crippen molar-refractivity contribution in [1.29, 1.82) is 0 Å². The van der Waals surface area contributed by atoms with Crippen LogP contribution in [0, 0.1) is 0 Å². The topological polar surface area (TPSA) is 60.3 Å². The Hall–Kier alpha value is -2.70. The number of morpholine rings is 1. The molecule has 6 heteroatoms. The number of nitrogens with zero attached hydrogens (tertiary/aromatic N) is 1. The molecule has 2 aromatic carbocycles. The Morgan fingerprint density at radius 1 is 1.07 bits per heavy atom. The van der Waals surface area contributed by atoms with Gasteiger partial charge >= 0.3 is 5.97 Å². The summed E-state index contributed by atoms with van der Waals surface area (Å²) < 4.78 is 10.6. The van der Waals surface area contributed by atoms with Crippen LogP contribution >= 0.6 is 0 Å². The van der Waals surface area contributed by atoms with Gasteiger partial charge in [0.25, 0.3) is 5.91 Å². The van der Waals surface area contributed by atoms with Crippen molar-refractivity contribution in [2.45, 2.75) is 19.5 Å². The van der Waals surface area contributed by atoms with Gasteiger partial charge in [-0.3, -0.25) is 4.79 Å². The fraction of sp³-hybridized carbons (Fsp3) is 0.391. The first kappa shape index (κ1) is 21.0. The van der Waals surface area contributed by atoms with Crippen molar-refractivity contribution in [3.63, 3.8) is 0 Å². The van der Waals surface area contributed by atoms with E-state index in [-0.39, 0.29) is 18.6 Å². The monoisotopic (exact) mass is 397 g/mol. The van der Waals surface area contributed by atoms with Crippen LogP contribution in [0.15, 0.2) is 54.6 Å². The number of likely N-dealkylation sites (N-methyl/N-ethyl adjacent to an activating group) is 1. The van der Waals surface area contributed by atoms with Crippen molar-refractivity contribution in [3.05, 3.63) is 71.3 Å². The van der Waals surface area contributed by atoms with Gasteiger partial charge < -0.3 is 19.3 Å². The largest absolute Gasteiger partial charge is 0.452 e. The van der Waals surface area contributed by atoms with Crippen molar-refractivity contribution in [1.82, 2.24) is 4.90 Å². The molecule has 3 rings (SSSR count). The SMILES string of the molecule is C[C@@H](c1ccccc1)N(C)C(=O)COC(=O)c1ccc(C[NH+]2CCOCC2)cc1.